The highest BCUT2D eigenvalue weighted by Crippen LogP contribution is 2.31. The van der Waals surface area contributed by atoms with Crippen LogP contribution in [0.5, 0.6) is 5.75 Å². The second-order valence-electron chi connectivity index (χ2n) is 6.58. The van der Waals surface area contributed by atoms with Crippen molar-refractivity contribution in [1.29, 1.82) is 0 Å². The molecule has 30 heavy (non-hydrogen) atoms. The highest BCUT2D eigenvalue weighted by molar-refractivity contribution is 7.90. The van der Waals surface area contributed by atoms with Crippen LogP contribution in [0.25, 0.3) is 11.3 Å². The Bertz CT molecular complexity index is 1120. The molecule has 0 aliphatic carbocycles. The molecule has 0 aliphatic heterocycles. The molecule has 2 aromatic carbocycles. The number of benzene rings is 2. The van der Waals surface area contributed by atoms with Gasteiger partial charge in [0.15, 0.2) is 10.7 Å². The van der Waals surface area contributed by atoms with E-state index in [0.717, 1.165) is 0 Å². The summed E-state index contributed by atoms with van der Waals surface area (Å²) < 4.78 is 18.4. The fourth-order valence-corrected chi connectivity index (χ4v) is 3.65. The van der Waals surface area contributed by atoms with Crippen LogP contribution in [0.3, 0.4) is 0 Å². The van der Waals surface area contributed by atoms with Crippen molar-refractivity contribution in [3.8, 4) is 17.0 Å². The van der Waals surface area contributed by atoms with Crippen LogP contribution >= 0.6 is 0 Å². The number of Topliss-reactive ketones (excluding diaryl/α,β-unsaturated/α-hetero) is 1. The number of nitrogens with one attached hydrogen (secondary N) is 1. The van der Waals surface area contributed by atoms with E-state index in [1.807, 2.05) is 19.1 Å². The van der Waals surface area contributed by atoms with Crippen molar-refractivity contribution < 1.29 is 14.1 Å². The van der Waals surface area contributed by atoms with Crippen LogP contribution in [-0.4, -0.2) is 33.5 Å². The Labute approximate surface area is 177 Å². The lowest BCUT2D eigenvalue weighted by Gasteiger charge is -2.17. The smallest absolute Gasteiger partial charge is 0.291 e. The van der Waals surface area contributed by atoms with Crippen LogP contribution in [0.4, 0.5) is 11.4 Å². The Hall–Kier alpha value is -3.10. The van der Waals surface area contributed by atoms with Crippen LogP contribution in [0.15, 0.2) is 58.2 Å². The van der Waals surface area contributed by atoms with Gasteiger partial charge in [-0.15, -0.1) is 0 Å². The van der Waals surface area contributed by atoms with Crippen molar-refractivity contribution in [2.24, 2.45) is 0 Å². The first-order chi connectivity index (χ1) is 14.4. The zero-order chi connectivity index (χ0) is 21.8. The number of carbonyl (C=O) groups excluding carboxylic acids is 1. The maximum Gasteiger partial charge on any atom is 0.291 e. The average molecular weight is 426 g/mol. The van der Waals surface area contributed by atoms with E-state index in [9.17, 15) is 14.1 Å². The third kappa shape index (κ3) is 4.24. The number of aromatic nitrogens is 2. The minimum atomic E-state index is -1.12. The first-order valence-electron chi connectivity index (χ1n) is 9.37. The van der Waals surface area contributed by atoms with E-state index in [-0.39, 0.29) is 17.0 Å². The molecule has 8 heteroatoms. The van der Waals surface area contributed by atoms with Crippen LogP contribution < -0.4 is 15.6 Å². The summed E-state index contributed by atoms with van der Waals surface area (Å²) in [5, 5.41) is 7.53. The summed E-state index contributed by atoms with van der Waals surface area (Å²) in [6, 6.07) is 14.1. The summed E-state index contributed by atoms with van der Waals surface area (Å²) in [6.07, 6.45) is 1.60. The monoisotopic (exact) mass is 425 g/mol. The molecular formula is C22H23N3O4S. The molecule has 7 nitrogen and oxygen atoms in total. The fourth-order valence-electron chi connectivity index (χ4n) is 3.13. The first kappa shape index (κ1) is 21.6. The van der Waals surface area contributed by atoms with E-state index in [0.29, 0.717) is 34.1 Å². The molecule has 0 aliphatic rings. The molecule has 0 saturated carbocycles. The molecule has 1 aromatic heterocycles. The minimum Gasteiger partial charge on any atom is -0.612 e. The molecule has 3 aromatic rings. The highest BCUT2D eigenvalue weighted by atomic mass is 32.2. The summed E-state index contributed by atoms with van der Waals surface area (Å²) in [4.78, 5) is 26.4. The molecule has 0 saturated heterocycles. The standard InChI is InChI=1S/C22H23N3O4S/c1-5-25-22(27)21(23-17-8-6-7-9-18(17)29-3)19(14(2)26)20(24-25)15-10-12-16(13-11-15)30(4)28/h6-13,23H,5H2,1-4H3. The van der Waals surface area contributed by atoms with Gasteiger partial charge in [-0.3, -0.25) is 9.59 Å². The fraction of sp³-hybridized carbons (Fsp3) is 0.227. The Kier molecular flexibility index (Phi) is 6.59. The molecule has 0 amide bonds. The van der Waals surface area contributed by atoms with Gasteiger partial charge in [-0.2, -0.15) is 5.10 Å². The second kappa shape index (κ2) is 9.15. The molecular weight excluding hydrogens is 402 g/mol. The molecule has 1 unspecified atom stereocenters. The van der Waals surface area contributed by atoms with Gasteiger partial charge in [-0.05, 0) is 61.4 Å². The zero-order valence-electron chi connectivity index (χ0n) is 17.3. The lowest BCUT2D eigenvalue weighted by atomic mass is 10.0. The van der Waals surface area contributed by atoms with E-state index in [4.69, 9.17) is 4.74 Å². The zero-order valence-corrected chi connectivity index (χ0v) is 18.1. The summed E-state index contributed by atoms with van der Waals surface area (Å²) in [6.45, 7) is 3.54. The lowest BCUT2D eigenvalue weighted by molar-refractivity contribution is 0.101. The van der Waals surface area contributed by atoms with Crippen LogP contribution in [0.1, 0.15) is 24.2 Å². The van der Waals surface area contributed by atoms with Gasteiger partial charge in [0.2, 0.25) is 0 Å². The van der Waals surface area contributed by atoms with Gasteiger partial charge in [-0.25, -0.2) is 4.68 Å². The van der Waals surface area contributed by atoms with Crippen molar-refractivity contribution in [3.63, 3.8) is 0 Å². The maximum atomic E-state index is 13.1. The molecule has 156 valence electrons. The van der Waals surface area contributed by atoms with Gasteiger partial charge in [0, 0.05) is 12.1 Å². The quantitative estimate of drug-likeness (QED) is 0.459. The average Bonchev–Trinajstić information content (AvgIpc) is 2.75. The van der Waals surface area contributed by atoms with Gasteiger partial charge in [0.05, 0.1) is 18.4 Å². The number of aryl methyl sites for hydroxylation is 1. The van der Waals surface area contributed by atoms with Crippen molar-refractivity contribution in [2.75, 3.05) is 18.7 Å². The number of hydrogen-bond acceptors (Lipinski definition) is 6. The lowest BCUT2D eigenvalue weighted by Crippen LogP contribution is -2.28. The largest absolute Gasteiger partial charge is 0.612 e. The van der Waals surface area contributed by atoms with E-state index in [2.05, 4.69) is 10.4 Å². The van der Waals surface area contributed by atoms with Gasteiger partial charge < -0.3 is 14.6 Å². The number of para-hydroxylation sites is 2. The molecule has 0 radical (unpaired) electrons. The van der Waals surface area contributed by atoms with Crippen molar-refractivity contribution >= 4 is 28.3 Å². The number of carbonyl (C=O) groups is 1. The maximum absolute atomic E-state index is 13.1. The Morgan fingerprint density at radius 3 is 2.43 bits per heavy atom. The topological polar surface area (TPSA) is 96.3 Å². The van der Waals surface area contributed by atoms with E-state index < -0.39 is 16.7 Å². The number of nitrogens with zero attached hydrogens (tertiary/aromatic N) is 2. The van der Waals surface area contributed by atoms with Gasteiger partial charge in [-0.1, -0.05) is 12.1 Å². The van der Waals surface area contributed by atoms with Gasteiger partial charge >= 0.3 is 0 Å². The van der Waals surface area contributed by atoms with Crippen LogP contribution in [0, 0.1) is 0 Å². The molecule has 1 heterocycles. The molecule has 1 N–H and O–H groups in total. The first-order valence-corrected chi connectivity index (χ1v) is 10.9. The van der Waals surface area contributed by atoms with Crippen molar-refractivity contribution in [2.45, 2.75) is 25.3 Å². The SMILES string of the molecule is CCn1nc(-c2ccc([S+](C)[O-])cc2)c(C(C)=O)c(Nc2ccccc2OC)c1=O. The Morgan fingerprint density at radius 2 is 1.87 bits per heavy atom. The molecule has 0 bridgehead atoms. The third-order valence-electron chi connectivity index (χ3n) is 4.63. The summed E-state index contributed by atoms with van der Waals surface area (Å²) >= 11 is -1.12. The molecule has 0 spiro atoms. The molecule has 0 fully saturated rings. The second-order valence-corrected chi connectivity index (χ2v) is 7.96. The predicted molar refractivity (Wildman–Crippen MR) is 118 cm³/mol. The van der Waals surface area contributed by atoms with Crippen LogP contribution in [-0.2, 0) is 17.7 Å². The molecule has 3 rings (SSSR count). The number of ketones is 1. The van der Waals surface area contributed by atoms with Gasteiger partial charge in [0.1, 0.15) is 23.4 Å². The number of rotatable bonds is 7. The molecule has 1 atom stereocenters. The Morgan fingerprint density at radius 1 is 1.20 bits per heavy atom. The Balaban J connectivity index is 2.24. The highest BCUT2D eigenvalue weighted by Gasteiger charge is 2.23. The minimum absolute atomic E-state index is 0.141. The number of anilines is 2. The van der Waals surface area contributed by atoms with E-state index in [1.54, 1.807) is 42.7 Å². The van der Waals surface area contributed by atoms with Crippen molar-refractivity contribution in [3.05, 3.63) is 64.4 Å². The van der Waals surface area contributed by atoms with Gasteiger partial charge in [0.25, 0.3) is 5.56 Å². The van der Waals surface area contributed by atoms with E-state index in [1.165, 1.54) is 18.7 Å². The summed E-state index contributed by atoms with van der Waals surface area (Å²) in [5.41, 5.74) is 1.54. The number of ether oxygens (including phenoxy) is 1. The predicted octanol–water partition coefficient (Wildman–Crippen LogP) is 3.62. The third-order valence-corrected chi connectivity index (χ3v) is 5.57. The van der Waals surface area contributed by atoms with Crippen molar-refractivity contribution in [1.82, 2.24) is 9.78 Å². The summed E-state index contributed by atoms with van der Waals surface area (Å²) in [7, 11) is 1.54. The normalized spacial score (nSPS) is 11.8. The van der Waals surface area contributed by atoms with Crippen LogP contribution in [0.2, 0.25) is 0 Å². The summed E-state index contributed by atoms with van der Waals surface area (Å²) in [5.74, 6) is 0.251. The number of methoxy groups -OCH3 is 1. The number of hydrogen-bond donors (Lipinski definition) is 1. The van der Waals surface area contributed by atoms with E-state index >= 15 is 0 Å².